The van der Waals surface area contributed by atoms with Crippen LogP contribution in [-0.2, 0) is 6.54 Å². The van der Waals surface area contributed by atoms with E-state index in [-0.39, 0.29) is 0 Å². The van der Waals surface area contributed by atoms with E-state index in [0.717, 1.165) is 43.4 Å². The predicted octanol–water partition coefficient (Wildman–Crippen LogP) is 1.89. The molecule has 2 aromatic heterocycles. The molecule has 5 nitrogen and oxygen atoms in total. The highest BCUT2D eigenvalue weighted by atomic mass is 32.1. The van der Waals surface area contributed by atoms with E-state index in [0.29, 0.717) is 0 Å². The average molecular weight is 295 g/mol. The molecule has 0 bridgehead atoms. The molecule has 0 spiro atoms. The van der Waals surface area contributed by atoms with Crippen LogP contribution in [-0.4, -0.2) is 55.1 Å². The summed E-state index contributed by atoms with van der Waals surface area (Å²) in [6.45, 7) is 6.10. The van der Waals surface area contributed by atoms with Gasteiger partial charge in [0.25, 0.3) is 0 Å². The maximum Gasteiger partial charge on any atom is 0.195 e. The van der Waals surface area contributed by atoms with Crippen LogP contribution in [0.1, 0.15) is 19.0 Å². The fourth-order valence-electron chi connectivity index (χ4n) is 2.26. The van der Waals surface area contributed by atoms with Crippen LogP contribution < -0.4 is 10.2 Å². The van der Waals surface area contributed by atoms with Crippen molar-refractivity contribution in [3.63, 3.8) is 0 Å². The van der Waals surface area contributed by atoms with Crippen molar-refractivity contribution in [3.05, 3.63) is 17.3 Å². The largest absolute Gasteiger partial charge is 0.358 e. The molecule has 20 heavy (non-hydrogen) atoms. The number of nitrogens with zero attached hydrogens (tertiary/aromatic N) is 4. The van der Waals surface area contributed by atoms with Crippen molar-refractivity contribution in [2.24, 2.45) is 0 Å². The third-order valence-electron chi connectivity index (χ3n) is 3.34. The number of imidazole rings is 1. The zero-order chi connectivity index (χ0) is 14.5. The van der Waals surface area contributed by atoms with Gasteiger partial charge in [-0.3, -0.25) is 4.40 Å². The summed E-state index contributed by atoms with van der Waals surface area (Å²) in [5.41, 5.74) is 1.26. The summed E-state index contributed by atoms with van der Waals surface area (Å²) in [6, 6.07) is 0. The minimum Gasteiger partial charge on any atom is -0.358 e. The second-order valence-corrected chi connectivity index (χ2v) is 6.17. The maximum atomic E-state index is 4.78. The van der Waals surface area contributed by atoms with Gasteiger partial charge in [0.05, 0.1) is 5.69 Å². The molecular weight excluding hydrogens is 270 g/mol. The van der Waals surface area contributed by atoms with Crippen molar-refractivity contribution in [2.75, 3.05) is 45.7 Å². The zero-order valence-corrected chi connectivity index (χ0v) is 13.7. The summed E-state index contributed by atoms with van der Waals surface area (Å²) in [6.07, 6.45) is 3.26. The van der Waals surface area contributed by atoms with Gasteiger partial charge in [-0.05, 0) is 33.6 Å². The molecule has 0 aliphatic carbocycles. The molecule has 2 heterocycles. The normalized spacial score (nSPS) is 11.7. The van der Waals surface area contributed by atoms with Crippen molar-refractivity contribution in [2.45, 2.75) is 19.9 Å². The van der Waals surface area contributed by atoms with Crippen molar-refractivity contribution in [1.82, 2.24) is 19.6 Å². The number of rotatable bonds is 8. The highest BCUT2D eigenvalue weighted by Gasteiger charge is 2.15. The summed E-state index contributed by atoms with van der Waals surface area (Å²) < 4.78 is 2.20. The van der Waals surface area contributed by atoms with Crippen LogP contribution in [0.15, 0.2) is 11.6 Å². The average Bonchev–Trinajstić information content (AvgIpc) is 2.96. The predicted molar refractivity (Wildman–Crippen MR) is 86.9 cm³/mol. The van der Waals surface area contributed by atoms with Gasteiger partial charge in [0.2, 0.25) is 0 Å². The van der Waals surface area contributed by atoms with E-state index in [4.69, 9.17) is 4.98 Å². The van der Waals surface area contributed by atoms with Gasteiger partial charge in [0, 0.05) is 31.7 Å². The van der Waals surface area contributed by atoms with Crippen LogP contribution in [0, 0.1) is 0 Å². The van der Waals surface area contributed by atoms with Crippen molar-refractivity contribution < 1.29 is 0 Å². The Morgan fingerprint density at radius 2 is 2.10 bits per heavy atom. The highest BCUT2D eigenvalue weighted by molar-refractivity contribution is 7.15. The van der Waals surface area contributed by atoms with E-state index < -0.39 is 0 Å². The molecule has 0 unspecified atom stereocenters. The maximum absolute atomic E-state index is 4.78. The van der Waals surface area contributed by atoms with Crippen LogP contribution in [0.5, 0.6) is 0 Å². The van der Waals surface area contributed by atoms with E-state index >= 15 is 0 Å². The standard InChI is InChI=1S/C14H25N5S/c1-5-15-11-12-13(16-14-19(12)9-10-20-14)18(4)8-6-7-17(2)3/h9-10,15H,5-8,11H2,1-4H3. The fourth-order valence-corrected chi connectivity index (χ4v) is 2.99. The summed E-state index contributed by atoms with van der Waals surface area (Å²) in [7, 11) is 6.37. The van der Waals surface area contributed by atoms with Gasteiger partial charge in [-0.25, -0.2) is 4.98 Å². The van der Waals surface area contributed by atoms with Gasteiger partial charge in [-0.15, -0.1) is 11.3 Å². The smallest absolute Gasteiger partial charge is 0.195 e. The number of aromatic nitrogens is 2. The van der Waals surface area contributed by atoms with Gasteiger partial charge < -0.3 is 15.1 Å². The van der Waals surface area contributed by atoms with E-state index in [1.165, 1.54) is 5.69 Å². The first-order valence-corrected chi connectivity index (χ1v) is 8.02. The number of anilines is 1. The molecule has 112 valence electrons. The number of nitrogens with one attached hydrogen (secondary N) is 1. The molecule has 0 radical (unpaired) electrons. The van der Waals surface area contributed by atoms with Gasteiger partial charge in [0.15, 0.2) is 10.8 Å². The molecule has 0 aromatic carbocycles. The van der Waals surface area contributed by atoms with E-state index in [2.05, 4.69) is 59.2 Å². The van der Waals surface area contributed by atoms with Crippen LogP contribution in [0.2, 0.25) is 0 Å². The molecular formula is C14H25N5S. The lowest BCUT2D eigenvalue weighted by atomic mass is 10.3. The topological polar surface area (TPSA) is 35.8 Å². The first-order valence-electron chi connectivity index (χ1n) is 7.14. The summed E-state index contributed by atoms with van der Waals surface area (Å²) in [4.78, 5) is 10.3. The van der Waals surface area contributed by atoms with Gasteiger partial charge in [-0.1, -0.05) is 6.92 Å². The number of hydrogen-bond acceptors (Lipinski definition) is 5. The lowest BCUT2D eigenvalue weighted by Crippen LogP contribution is -2.25. The Morgan fingerprint density at radius 3 is 2.80 bits per heavy atom. The van der Waals surface area contributed by atoms with Crippen LogP contribution in [0.4, 0.5) is 5.82 Å². The molecule has 0 fully saturated rings. The van der Waals surface area contributed by atoms with Crippen molar-refractivity contribution in [1.29, 1.82) is 0 Å². The Labute approximate surface area is 125 Å². The third-order valence-corrected chi connectivity index (χ3v) is 4.10. The van der Waals surface area contributed by atoms with E-state index in [9.17, 15) is 0 Å². The Bertz CT molecular complexity index is 531. The molecule has 0 saturated heterocycles. The zero-order valence-electron chi connectivity index (χ0n) is 12.9. The molecule has 0 aliphatic heterocycles. The number of thiazole rings is 1. The van der Waals surface area contributed by atoms with Gasteiger partial charge in [-0.2, -0.15) is 0 Å². The van der Waals surface area contributed by atoms with Crippen LogP contribution in [0.3, 0.4) is 0 Å². The van der Waals surface area contributed by atoms with Crippen molar-refractivity contribution in [3.8, 4) is 0 Å². The Morgan fingerprint density at radius 1 is 1.30 bits per heavy atom. The van der Waals surface area contributed by atoms with Crippen molar-refractivity contribution >= 4 is 22.1 Å². The third kappa shape index (κ3) is 3.50. The van der Waals surface area contributed by atoms with Gasteiger partial charge in [0.1, 0.15) is 0 Å². The quantitative estimate of drug-likeness (QED) is 0.807. The molecule has 0 aliphatic rings. The lowest BCUT2D eigenvalue weighted by Gasteiger charge is -2.19. The van der Waals surface area contributed by atoms with Crippen LogP contribution >= 0.6 is 11.3 Å². The van der Waals surface area contributed by atoms with E-state index in [1.807, 2.05) is 0 Å². The molecule has 2 rings (SSSR count). The number of fused-ring (bicyclic) bond motifs is 1. The van der Waals surface area contributed by atoms with Crippen LogP contribution in [0.25, 0.3) is 4.96 Å². The number of hydrogen-bond donors (Lipinski definition) is 1. The minimum atomic E-state index is 0.863. The highest BCUT2D eigenvalue weighted by Crippen LogP contribution is 2.24. The summed E-state index contributed by atoms with van der Waals surface area (Å²) in [5, 5.41) is 5.50. The molecule has 0 amide bonds. The molecule has 1 N–H and O–H groups in total. The minimum absolute atomic E-state index is 0.863. The first kappa shape index (κ1) is 15.3. The summed E-state index contributed by atoms with van der Waals surface area (Å²) >= 11 is 1.69. The Balaban J connectivity index is 2.12. The monoisotopic (exact) mass is 295 g/mol. The molecule has 0 saturated carbocycles. The Hall–Kier alpha value is -1.11. The lowest BCUT2D eigenvalue weighted by molar-refractivity contribution is 0.401. The summed E-state index contributed by atoms with van der Waals surface area (Å²) in [5.74, 6) is 1.11. The fraction of sp³-hybridized carbons (Fsp3) is 0.643. The molecule has 0 atom stereocenters. The Kier molecular flexibility index (Phi) is 5.39. The molecule has 6 heteroatoms. The molecule has 2 aromatic rings. The second kappa shape index (κ2) is 7.06. The first-order chi connectivity index (χ1) is 9.63. The SMILES string of the molecule is CCNCc1c(N(C)CCCN(C)C)nc2sccn12. The second-order valence-electron chi connectivity index (χ2n) is 5.30. The van der Waals surface area contributed by atoms with Gasteiger partial charge >= 0.3 is 0 Å². The van der Waals surface area contributed by atoms with E-state index in [1.54, 1.807) is 11.3 Å².